The minimum absolute atomic E-state index is 0.000556. The zero-order valence-electron chi connectivity index (χ0n) is 6.85. The van der Waals surface area contributed by atoms with Gasteiger partial charge >= 0.3 is 0 Å². The van der Waals surface area contributed by atoms with Crippen LogP contribution in [0.4, 0.5) is 8.78 Å². The fraction of sp³-hybridized carbons (Fsp3) is 0.250. The Kier molecular flexibility index (Phi) is 3.57. The van der Waals surface area contributed by atoms with Gasteiger partial charge in [-0.05, 0) is 22.6 Å². The molecule has 1 aromatic heterocycles. The van der Waals surface area contributed by atoms with Gasteiger partial charge < -0.3 is 4.98 Å². The summed E-state index contributed by atoms with van der Waals surface area (Å²) in [4.78, 5) is 13.7. The topological polar surface area (TPSA) is 56.6 Å². The first-order valence-electron chi connectivity index (χ1n) is 3.63. The van der Waals surface area contributed by atoms with Crippen LogP contribution in [0.2, 0.25) is 0 Å². The van der Waals surface area contributed by atoms with Crippen LogP contribution >= 0.6 is 22.6 Å². The normalized spacial score (nSPS) is 10.2. The van der Waals surface area contributed by atoms with E-state index in [1.54, 1.807) is 28.7 Å². The molecule has 6 heteroatoms. The zero-order chi connectivity index (χ0) is 10.7. The Morgan fingerprint density at radius 2 is 2.29 bits per heavy atom. The summed E-state index contributed by atoms with van der Waals surface area (Å²) in [5.41, 5.74) is -1.33. The third-order valence-electron chi connectivity index (χ3n) is 1.59. The SMILES string of the molecule is N#CCc1[nH]c(I)cc(=O)c1C(F)F. The second kappa shape index (κ2) is 4.50. The highest BCUT2D eigenvalue weighted by atomic mass is 127. The number of aromatic nitrogens is 1. The van der Waals surface area contributed by atoms with E-state index in [1.165, 1.54) is 0 Å². The van der Waals surface area contributed by atoms with Crippen molar-refractivity contribution < 1.29 is 8.78 Å². The molecule has 0 amide bonds. The fourth-order valence-corrected chi connectivity index (χ4v) is 1.66. The lowest BCUT2D eigenvalue weighted by molar-refractivity contribution is 0.148. The summed E-state index contributed by atoms with van der Waals surface area (Å²) in [6.45, 7) is 0. The van der Waals surface area contributed by atoms with Crippen molar-refractivity contribution in [3.63, 3.8) is 0 Å². The Morgan fingerprint density at radius 3 is 2.79 bits per heavy atom. The van der Waals surface area contributed by atoms with Crippen LogP contribution < -0.4 is 5.43 Å². The molecule has 0 fully saturated rings. The Hall–Kier alpha value is -0.970. The largest absolute Gasteiger partial charge is 0.352 e. The average Bonchev–Trinajstić information content (AvgIpc) is 2.01. The molecular weight excluding hydrogens is 305 g/mol. The van der Waals surface area contributed by atoms with Crippen molar-refractivity contribution in [1.82, 2.24) is 4.98 Å². The number of halogens is 3. The molecule has 0 radical (unpaired) electrons. The van der Waals surface area contributed by atoms with Gasteiger partial charge in [0.2, 0.25) is 0 Å². The molecule has 0 aliphatic rings. The molecule has 1 rings (SSSR count). The number of aromatic amines is 1. The monoisotopic (exact) mass is 310 g/mol. The van der Waals surface area contributed by atoms with Gasteiger partial charge in [-0.15, -0.1) is 0 Å². The second-order valence-electron chi connectivity index (χ2n) is 2.51. The summed E-state index contributed by atoms with van der Waals surface area (Å²) in [6.07, 6.45) is -3.06. The number of pyridine rings is 1. The number of hydrogen-bond donors (Lipinski definition) is 1. The fourth-order valence-electron chi connectivity index (χ4n) is 1.05. The Morgan fingerprint density at radius 1 is 1.64 bits per heavy atom. The number of alkyl halides is 2. The Balaban J connectivity index is 3.38. The maximum absolute atomic E-state index is 12.4. The average molecular weight is 310 g/mol. The van der Waals surface area contributed by atoms with E-state index in [0.29, 0.717) is 3.70 Å². The first-order valence-corrected chi connectivity index (χ1v) is 4.71. The number of H-pyrrole nitrogens is 1. The molecule has 3 nitrogen and oxygen atoms in total. The van der Waals surface area contributed by atoms with E-state index in [9.17, 15) is 13.6 Å². The van der Waals surface area contributed by atoms with E-state index < -0.39 is 17.4 Å². The molecular formula is C8H5F2IN2O. The van der Waals surface area contributed by atoms with Gasteiger partial charge in [-0.1, -0.05) is 0 Å². The van der Waals surface area contributed by atoms with E-state index in [2.05, 4.69) is 4.98 Å². The third kappa shape index (κ3) is 2.29. The van der Waals surface area contributed by atoms with E-state index >= 15 is 0 Å². The van der Waals surface area contributed by atoms with Crippen molar-refractivity contribution in [1.29, 1.82) is 5.26 Å². The number of hydrogen-bond acceptors (Lipinski definition) is 2. The molecule has 0 saturated carbocycles. The third-order valence-corrected chi connectivity index (χ3v) is 2.17. The molecule has 0 aliphatic carbocycles. The highest BCUT2D eigenvalue weighted by Crippen LogP contribution is 2.18. The van der Waals surface area contributed by atoms with Crippen LogP contribution in [0.15, 0.2) is 10.9 Å². The quantitative estimate of drug-likeness (QED) is 0.671. The summed E-state index contributed by atoms with van der Waals surface area (Å²) >= 11 is 1.80. The standard InChI is InChI=1S/C8H5F2IN2O/c9-8(10)7-4(1-2-12)13-6(11)3-5(7)14/h3,8H,1H2,(H,13,14). The molecule has 0 aliphatic heterocycles. The number of nitriles is 1. The van der Waals surface area contributed by atoms with Crippen molar-refractivity contribution in [2.24, 2.45) is 0 Å². The van der Waals surface area contributed by atoms with E-state index in [-0.39, 0.29) is 12.1 Å². The lowest BCUT2D eigenvalue weighted by Gasteiger charge is -2.05. The van der Waals surface area contributed by atoms with Gasteiger partial charge in [-0.25, -0.2) is 8.78 Å². The summed E-state index contributed by atoms with van der Waals surface area (Å²) in [5.74, 6) is 0. The van der Waals surface area contributed by atoms with Crippen LogP contribution in [0.5, 0.6) is 0 Å². The Bertz CT molecular complexity index is 436. The van der Waals surface area contributed by atoms with Gasteiger partial charge in [-0.2, -0.15) is 5.26 Å². The highest BCUT2D eigenvalue weighted by molar-refractivity contribution is 14.1. The summed E-state index contributed by atoms with van der Waals surface area (Å²) in [6, 6.07) is 2.81. The van der Waals surface area contributed by atoms with Crippen LogP contribution in [0.25, 0.3) is 0 Å². The van der Waals surface area contributed by atoms with Gasteiger partial charge in [0, 0.05) is 11.8 Å². The molecule has 0 unspecified atom stereocenters. The van der Waals surface area contributed by atoms with Crippen molar-refractivity contribution in [2.45, 2.75) is 12.8 Å². The maximum Gasteiger partial charge on any atom is 0.269 e. The molecule has 0 aromatic carbocycles. The van der Waals surface area contributed by atoms with Crippen molar-refractivity contribution >= 4 is 22.6 Å². The van der Waals surface area contributed by atoms with E-state index in [4.69, 9.17) is 5.26 Å². The molecule has 1 aromatic rings. The van der Waals surface area contributed by atoms with Gasteiger partial charge in [-0.3, -0.25) is 4.79 Å². The van der Waals surface area contributed by atoms with E-state index in [0.717, 1.165) is 6.07 Å². The van der Waals surface area contributed by atoms with Crippen molar-refractivity contribution in [3.05, 3.63) is 31.2 Å². The maximum atomic E-state index is 12.4. The van der Waals surface area contributed by atoms with Crippen LogP contribution in [0.3, 0.4) is 0 Å². The molecule has 14 heavy (non-hydrogen) atoms. The van der Waals surface area contributed by atoms with Gasteiger partial charge in [0.1, 0.15) is 0 Å². The number of rotatable bonds is 2. The van der Waals surface area contributed by atoms with Crippen molar-refractivity contribution in [2.75, 3.05) is 0 Å². The molecule has 0 saturated heterocycles. The first-order chi connectivity index (χ1) is 6.56. The predicted molar refractivity (Wildman–Crippen MR) is 54.1 cm³/mol. The lowest BCUT2D eigenvalue weighted by Crippen LogP contribution is -2.14. The lowest BCUT2D eigenvalue weighted by atomic mass is 10.1. The summed E-state index contributed by atoms with van der Waals surface area (Å²) in [5, 5.41) is 8.39. The smallest absolute Gasteiger partial charge is 0.269 e. The summed E-state index contributed by atoms with van der Waals surface area (Å²) < 4.78 is 25.3. The summed E-state index contributed by atoms with van der Waals surface area (Å²) in [7, 11) is 0. The van der Waals surface area contributed by atoms with Crippen LogP contribution in [-0.2, 0) is 6.42 Å². The minimum Gasteiger partial charge on any atom is -0.352 e. The van der Waals surface area contributed by atoms with Crippen LogP contribution in [-0.4, -0.2) is 4.98 Å². The molecule has 0 bridgehead atoms. The molecule has 1 heterocycles. The zero-order valence-corrected chi connectivity index (χ0v) is 9.01. The number of nitrogens with zero attached hydrogens (tertiary/aromatic N) is 1. The van der Waals surface area contributed by atoms with Gasteiger partial charge in [0.25, 0.3) is 6.43 Å². The highest BCUT2D eigenvalue weighted by Gasteiger charge is 2.17. The van der Waals surface area contributed by atoms with Gasteiger partial charge in [0.15, 0.2) is 5.43 Å². The second-order valence-corrected chi connectivity index (χ2v) is 3.67. The van der Waals surface area contributed by atoms with E-state index in [1.807, 2.05) is 0 Å². The molecule has 0 spiro atoms. The molecule has 0 atom stereocenters. The molecule has 74 valence electrons. The van der Waals surface area contributed by atoms with Crippen LogP contribution in [0.1, 0.15) is 17.7 Å². The molecule has 1 N–H and O–H groups in total. The first kappa shape index (κ1) is 11.1. The predicted octanol–water partition coefficient (Wildman–Crippen LogP) is 1.98. The van der Waals surface area contributed by atoms with Gasteiger partial charge in [0.05, 0.1) is 21.8 Å². The van der Waals surface area contributed by atoms with Crippen LogP contribution in [0, 0.1) is 15.0 Å². The minimum atomic E-state index is -2.85. The Labute approximate surface area is 91.9 Å². The number of nitrogens with one attached hydrogen (secondary N) is 1. The van der Waals surface area contributed by atoms with Crippen molar-refractivity contribution in [3.8, 4) is 6.07 Å².